The predicted molar refractivity (Wildman–Crippen MR) is 91.1 cm³/mol. The molecule has 25 heavy (non-hydrogen) atoms. The molecule has 128 valence electrons. The van der Waals surface area contributed by atoms with Crippen LogP contribution < -0.4 is 15.1 Å². The van der Waals surface area contributed by atoms with E-state index in [0.717, 1.165) is 5.39 Å². The standard InChI is InChI=1S/C19H16O6/c20-10-1-11-23-15-6-3-14(4-7-15)19(22)24-16-8-2-13-5-9-18(21)25-17(13)12-16/h2-9,12,20H,1,10-11H2. The molecule has 0 radical (unpaired) electrons. The highest BCUT2D eigenvalue weighted by Gasteiger charge is 2.10. The van der Waals surface area contributed by atoms with Crippen molar-refractivity contribution in [1.29, 1.82) is 0 Å². The number of aliphatic hydroxyl groups excluding tert-OH is 1. The van der Waals surface area contributed by atoms with Crippen LogP contribution in [0, 0.1) is 0 Å². The highest BCUT2D eigenvalue weighted by Crippen LogP contribution is 2.21. The Morgan fingerprint density at radius 2 is 1.72 bits per heavy atom. The summed E-state index contributed by atoms with van der Waals surface area (Å²) in [6.07, 6.45) is 0.544. The van der Waals surface area contributed by atoms with E-state index in [1.54, 1.807) is 42.5 Å². The monoisotopic (exact) mass is 340 g/mol. The molecule has 0 aliphatic carbocycles. The third-order valence-corrected chi connectivity index (χ3v) is 3.47. The van der Waals surface area contributed by atoms with Crippen LogP contribution in [0.4, 0.5) is 0 Å². The summed E-state index contributed by atoms with van der Waals surface area (Å²) >= 11 is 0. The lowest BCUT2D eigenvalue weighted by atomic mass is 10.2. The molecule has 3 aromatic rings. The summed E-state index contributed by atoms with van der Waals surface area (Å²) < 4.78 is 15.8. The van der Waals surface area contributed by atoms with E-state index in [2.05, 4.69) is 0 Å². The smallest absolute Gasteiger partial charge is 0.343 e. The third-order valence-electron chi connectivity index (χ3n) is 3.47. The van der Waals surface area contributed by atoms with Crippen molar-refractivity contribution in [3.63, 3.8) is 0 Å². The number of carbonyl (C=O) groups excluding carboxylic acids is 1. The van der Waals surface area contributed by atoms with Crippen molar-refractivity contribution >= 4 is 16.9 Å². The Labute approximate surface area is 143 Å². The number of esters is 1. The van der Waals surface area contributed by atoms with Crippen LogP contribution in [-0.2, 0) is 0 Å². The molecule has 1 aromatic heterocycles. The lowest BCUT2D eigenvalue weighted by Gasteiger charge is -2.07. The number of carbonyl (C=O) groups is 1. The van der Waals surface area contributed by atoms with Crippen LogP contribution in [0.2, 0.25) is 0 Å². The molecule has 0 fully saturated rings. The van der Waals surface area contributed by atoms with Gasteiger partial charge in [0, 0.05) is 30.5 Å². The molecule has 0 saturated carbocycles. The molecule has 0 aliphatic heterocycles. The molecule has 0 spiro atoms. The SMILES string of the molecule is O=C(Oc1ccc2ccc(=O)oc2c1)c1ccc(OCCCO)cc1. The van der Waals surface area contributed by atoms with Gasteiger partial charge in [0.1, 0.15) is 17.1 Å². The molecule has 1 heterocycles. The first-order chi connectivity index (χ1) is 12.2. The van der Waals surface area contributed by atoms with Crippen molar-refractivity contribution in [3.05, 3.63) is 70.6 Å². The van der Waals surface area contributed by atoms with Gasteiger partial charge in [0.2, 0.25) is 0 Å². The molecule has 0 unspecified atom stereocenters. The van der Waals surface area contributed by atoms with Crippen LogP contribution in [0.25, 0.3) is 11.0 Å². The zero-order valence-corrected chi connectivity index (χ0v) is 13.3. The van der Waals surface area contributed by atoms with E-state index in [1.165, 1.54) is 12.1 Å². The Balaban J connectivity index is 1.70. The molecule has 0 bridgehead atoms. The molecule has 2 aromatic carbocycles. The number of ether oxygens (including phenoxy) is 2. The Kier molecular flexibility index (Phi) is 5.11. The van der Waals surface area contributed by atoms with Gasteiger partial charge >= 0.3 is 11.6 Å². The number of hydrogen-bond donors (Lipinski definition) is 1. The minimum absolute atomic E-state index is 0.0658. The van der Waals surface area contributed by atoms with Crippen LogP contribution >= 0.6 is 0 Å². The minimum atomic E-state index is -0.528. The van der Waals surface area contributed by atoms with Gasteiger partial charge in [-0.1, -0.05) is 0 Å². The van der Waals surface area contributed by atoms with Gasteiger partial charge in [-0.2, -0.15) is 0 Å². The van der Waals surface area contributed by atoms with Crippen molar-refractivity contribution in [2.75, 3.05) is 13.2 Å². The van der Waals surface area contributed by atoms with E-state index >= 15 is 0 Å². The summed E-state index contributed by atoms with van der Waals surface area (Å²) in [5.41, 5.74) is 0.252. The zero-order valence-electron chi connectivity index (χ0n) is 13.3. The number of aliphatic hydroxyl groups is 1. The summed E-state index contributed by atoms with van der Waals surface area (Å²) in [4.78, 5) is 23.5. The minimum Gasteiger partial charge on any atom is -0.494 e. The number of hydrogen-bond acceptors (Lipinski definition) is 6. The van der Waals surface area contributed by atoms with Crippen molar-refractivity contribution in [1.82, 2.24) is 0 Å². The molecule has 0 aliphatic rings. The molecule has 3 rings (SSSR count). The Morgan fingerprint density at radius 3 is 2.48 bits per heavy atom. The van der Waals surface area contributed by atoms with E-state index in [4.69, 9.17) is 19.0 Å². The maximum atomic E-state index is 12.2. The van der Waals surface area contributed by atoms with Gasteiger partial charge in [0.05, 0.1) is 12.2 Å². The van der Waals surface area contributed by atoms with Gasteiger partial charge in [-0.3, -0.25) is 0 Å². The highest BCUT2D eigenvalue weighted by molar-refractivity contribution is 5.91. The number of fused-ring (bicyclic) bond motifs is 1. The van der Waals surface area contributed by atoms with Crippen LogP contribution in [0.3, 0.4) is 0 Å². The second-order valence-corrected chi connectivity index (χ2v) is 5.29. The van der Waals surface area contributed by atoms with Gasteiger partial charge in [-0.15, -0.1) is 0 Å². The summed E-state index contributed by atoms with van der Waals surface area (Å²) in [5.74, 6) is 0.368. The Morgan fingerprint density at radius 1 is 1.00 bits per heavy atom. The highest BCUT2D eigenvalue weighted by atomic mass is 16.5. The van der Waals surface area contributed by atoms with Crippen molar-refractivity contribution in [2.24, 2.45) is 0 Å². The van der Waals surface area contributed by atoms with Crippen molar-refractivity contribution in [2.45, 2.75) is 6.42 Å². The largest absolute Gasteiger partial charge is 0.494 e. The van der Waals surface area contributed by atoms with Crippen LogP contribution in [0.5, 0.6) is 11.5 Å². The van der Waals surface area contributed by atoms with Crippen molar-refractivity contribution in [3.8, 4) is 11.5 Å². The molecule has 0 amide bonds. The van der Waals surface area contributed by atoms with E-state index in [1.807, 2.05) is 0 Å². The fourth-order valence-electron chi connectivity index (χ4n) is 2.21. The molecule has 6 heteroatoms. The summed E-state index contributed by atoms with van der Waals surface area (Å²) in [6.45, 7) is 0.471. The molecule has 6 nitrogen and oxygen atoms in total. The molecular formula is C19H16O6. The lowest BCUT2D eigenvalue weighted by Crippen LogP contribution is -2.08. The summed E-state index contributed by atoms with van der Waals surface area (Å²) in [7, 11) is 0. The topological polar surface area (TPSA) is 86.0 Å². The second-order valence-electron chi connectivity index (χ2n) is 5.29. The lowest BCUT2D eigenvalue weighted by molar-refractivity contribution is 0.0735. The average molecular weight is 340 g/mol. The maximum Gasteiger partial charge on any atom is 0.343 e. The fourth-order valence-corrected chi connectivity index (χ4v) is 2.21. The van der Waals surface area contributed by atoms with Crippen LogP contribution in [0.1, 0.15) is 16.8 Å². The third kappa shape index (κ3) is 4.24. The van der Waals surface area contributed by atoms with Gasteiger partial charge in [0.25, 0.3) is 0 Å². The quantitative estimate of drug-likeness (QED) is 0.321. The van der Waals surface area contributed by atoms with Gasteiger partial charge in [-0.25, -0.2) is 9.59 Å². The van der Waals surface area contributed by atoms with E-state index in [0.29, 0.717) is 29.9 Å². The van der Waals surface area contributed by atoms with Crippen molar-refractivity contribution < 1.29 is 23.8 Å². The number of benzene rings is 2. The maximum absolute atomic E-state index is 12.2. The summed E-state index contributed by atoms with van der Waals surface area (Å²) in [5, 5.41) is 9.46. The van der Waals surface area contributed by atoms with Gasteiger partial charge < -0.3 is 19.0 Å². The van der Waals surface area contributed by atoms with E-state index < -0.39 is 11.6 Å². The van der Waals surface area contributed by atoms with Crippen LogP contribution in [0.15, 0.2) is 63.8 Å². The molecular weight excluding hydrogens is 324 g/mol. The zero-order chi connectivity index (χ0) is 17.6. The van der Waals surface area contributed by atoms with Crippen LogP contribution in [-0.4, -0.2) is 24.3 Å². The van der Waals surface area contributed by atoms with E-state index in [-0.39, 0.29) is 12.4 Å². The first-order valence-corrected chi connectivity index (χ1v) is 7.75. The first-order valence-electron chi connectivity index (χ1n) is 7.75. The fraction of sp³-hybridized carbons (Fsp3) is 0.158. The first kappa shape index (κ1) is 16.7. The Bertz CT molecular complexity index is 927. The molecule has 0 atom stereocenters. The Hall–Kier alpha value is -3.12. The normalized spacial score (nSPS) is 10.6. The molecule has 0 saturated heterocycles. The second kappa shape index (κ2) is 7.63. The summed E-state index contributed by atoms with van der Waals surface area (Å²) in [6, 6.07) is 14.3. The predicted octanol–water partition coefficient (Wildman–Crippen LogP) is 2.77. The number of rotatable bonds is 6. The molecule has 1 N–H and O–H groups in total. The van der Waals surface area contributed by atoms with Gasteiger partial charge in [-0.05, 0) is 42.5 Å². The van der Waals surface area contributed by atoms with E-state index in [9.17, 15) is 9.59 Å². The van der Waals surface area contributed by atoms with Gasteiger partial charge in [0.15, 0.2) is 0 Å². The average Bonchev–Trinajstić information content (AvgIpc) is 2.62.